The molecule has 0 aliphatic carbocycles. The molecule has 0 rings (SSSR count). The molecule has 0 aliphatic rings. The number of carboxylic acids is 1. The van der Waals surface area contributed by atoms with Gasteiger partial charge in [-0.1, -0.05) is 32.6 Å². The molecule has 0 radical (unpaired) electrons. The summed E-state index contributed by atoms with van der Waals surface area (Å²) in [5.74, 6) is -0.670. The summed E-state index contributed by atoms with van der Waals surface area (Å²) >= 11 is 0. The van der Waals surface area contributed by atoms with Crippen LogP contribution in [0.15, 0.2) is 0 Å². The Morgan fingerprint density at radius 2 is 1.54 bits per heavy atom. The van der Waals surface area contributed by atoms with Crippen molar-refractivity contribution in [3.05, 3.63) is 0 Å². The van der Waals surface area contributed by atoms with Crippen LogP contribution >= 0.6 is 48.0 Å². The van der Waals surface area contributed by atoms with Crippen molar-refractivity contribution in [3.8, 4) is 0 Å². The first-order chi connectivity index (χ1) is 4.77. The molecule has 1 N–H and O–H groups in total. The van der Waals surface area contributed by atoms with Gasteiger partial charge < -0.3 is 5.11 Å². The Hall–Kier alpha value is 1.72. The minimum absolute atomic E-state index is 0. The van der Waals surface area contributed by atoms with E-state index >= 15 is 0 Å². The van der Waals surface area contributed by atoms with Gasteiger partial charge in [-0.2, -0.15) is 0 Å². The predicted molar refractivity (Wildman–Crippen MR) is 80.4 cm³/mol. The fourth-order valence-electron chi connectivity index (χ4n) is 0.880. The number of aliphatic carboxylic acids is 1. The third-order valence-electron chi connectivity index (χ3n) is 1.49. The van der Waals surface area contributed by atoms with Crippen molar-refractivity contribution in [2.24, 2.45) is 0 Å². The number of hydrogen-bond acceptors (Lipinski definition) is 1. The van der Waals surface area contributed by atoms with Crippen LogP contribution < -0.4 is 0 Å². The first-order valence-corrected chi connectivity index (χ1v) is 3.99. The number of rotatable bonds is 6. The van der Waals surface area contributed by atoms with Crippen LogP contribution in [-0.4, -0.2) is 34.7 Å². The summed E-state index contributed by atoms with van der Waals surface area (Å²) in [6, 6.07) is 0. The molecule has 5 heteroatoms. The minimum atomic E-state index is -0.670. The summed E-state index contributed by atoms with van der Waals surface area (Å²) in [6.07, 6.45) is 5.88. The molecule has 84 valence electrons. The molecule has 0 unspecified atom stereocenters. The maximum absolute atomic E-state index is 10.0. The summed E-state index contributed by atoms with van der Waals surface area (Å²) < 4.78 is 0. The molecule has 2 nitrogen and oxygen atoms in total. The zero-order chi connectivity index (χ0) is 7.82. The Morgan fingerprint density at radius 1 is 1.08 bits per heavy atom. The summed E-state index contributed by atoms with van der Waals surface area (Å²) in [5.41, 5.74) is 0. The molecule has 0 amide bonds. The SMILES string of the molecule is CCCCCCCC(=O)O.I.I.[TeH2]. The van der Waals surface area contributed by atoms with E-state index in [-0.39, 0.29) is 71.6 Å². The van der Waals surface area contributed by atoms with Crippen LogP contribution in [0.3, 0.4) is 0 Å². The Labute approximate surface area is 131 Å². The predicted octanol–water partition coefficient (Wildman–Crippen LogP) is 2.75. The average Bonchev–Trinajstić information content (AvgIpc) is 1.87. The van der Waals surface area contributed by atoms with Gasteiger partial charge in [0, 0.05) is 6.42 Å². The molecule has 0 aliphatic heterocycles. The van der Waals surface area contributed by atoms with Gasteiger partial charge in [-0.3, -0.25) is 4.79 Å². The van der Waals surface area contributed by atoms with Gasteiger partial charge in [-0.25, -0.2) is 0 Å². The first kappa shape index (κ1) is 24.1. The van der Waals surface area contributed by atoms with Crippen molar-refractivity contribution in [3.63, 3.8) is 0 Å². The molecular weight excluding hydrogens is 509 g/mol. The van der Waals surface area contributed by atoms with Crippen molar-refractivity contribution < 1.29 is 9.90 Å². The van der Waals surface area contributed by atoms with E-state index in [0.717, 1.165) is 12.8 Å². The van der Waals surface area contributed by atoms with Crippen LogP contribution in [0.1, 0.15) is 45.4 Å². The average molecular weight is 530 g/mol. The third-order valence-corrected chi connectivity index (χ3v) is 1.49. The van der Waals surface area contributed by atoms with Gasteiger partial charge in [0.1, 0.15) is 0 Å². The van der Waals surface area contributed by atoms with Crippen molar-refractivity contribution in [1.29, 1.82) is 0 Å². The van der Waals surface area contributed by atoms with Crippen molar-refractivity contribution in [2.75, 3.05) is 0 Å². The summed E-state index contributed by atoms with van der Waals surface area (Å²) in [4.78, 5) is 10.0. The molecule has 0 spiro atoms. The monoisotopic (exact) mass is 532 g/mol. The third kappa shape index (κ3) is 24.8. The molecule has 0 atom stereocenters. The van der Waals surface area contributed by atoms with Crippen molar-refractivity contribution in [1.82, 2.24) is 0 Å². The standard InChI is InChI=1S/C8H16O2.2HI.H2Te/c1-2-3-4-5-6-7-8(9)10;;;/h2-7H2,1H3,(H,9,10);2*1H;1H2. The van der Waals surface area contributed by atoms with Crippen LogP contribution in [-0.2, 0) is 4.79 Å². The van der Waals surface area contributed by atoms with Gasteiger partial charge in [0.2, 0.25) is 0 Å². The van der Waals surface area contributed by atoms with E-state index in [1.807, 2.05) is 0 Å². The topological polar surface area (TPSA) is 37.3 Å². The van der Waals surface area contributed by atoms with Gasteiger partial charge in [0.25, 0.3) is 0 Å². The van der Waals surface area contributed by atoms with Crippen molar-refractivity contribution in [2.45, 2.75) is 45.4 Å². The molecule has 0 saturated heterocycles. The van der Waals surface area contributed by atoms with Crippen LogP contribution in [0.5, 0.6) is 0 Å². The maximum atomic E-state index is 10.0. The zero-order valence-electron chi connectivity index (χ0n) is 7.91. The zero-order valence-corrected chi connectivity index (χ0v) is 15.4. The molecule has 0 aromatic heterocycles. The summed E-state index contributed by atoms with van der Waals surface area (Å²) in [7, 11) is 0. The van der Waals surface area contributed by atoms with Gasteiger partial charge >= 0.3 is 29.6 Å². The second kappa shape index (κ2) is 19.3. The summed E-state index contributed by atoms with van der Waals surface area (Å²) in [5, 5.41) is 8.27. The molecule has 0 heterocycles. The van der Waals surface area contributed by atoms with Crippen LogP contribution in [0.25, 0.3) is 0 Å². The summed E-state index contributed by atoms with van der Waals surface area (Å²) in [6.45, 7) is 2.15. The number of carbonyl (C=O) groups is 1. The number of hydrogen-bond donors (Lipinski definition) is 1. The Balaban J connectivity index is -0.000000135. The first-order valence-electron chi connectivity index (χ1n) is 3.99. The van der Waals surface area contributed by atoms with Gasteiger partial charge in [-0.15, -0.1) is 48.0 Å². The molecule has 0 aromatic rings. The second-order valence-corrected chi connectivity index (χ2v) is 2.56. The van der Waals surface area contributed by atoms with E-state index in [0.29, 0.717) is 6.42 Å². The second-order valence-electron chi connectivity index (χ2n) is 2.56. The van der Waals surface area contributed by atoms with E-state index in [2.05, 4.69) is 6.92 Å². The Kier molecular flexibility index (Phi) is 35.8. The Morgan fingerprint density at radius 3 is 1.92 bits per heavy atom. The van der Waals surface area contributed by atoms with E-state index in [1.165, 1.54) is 19.3 Å². The number of unbranched alkanes of at least 4 members (excludes halogenated alkanes) is 4. The van der Waals surface area contributed by atoms with Crippen LogP contribution in [0.2, 0.25) is 0 Å². The normalized spacial score (nSPS) is 7.46. The molecule has 13 heavy (non-hydrogen) atoms. The fourth-order valence-corrected chi connectivity index (χ4v) is 0.880. The molecule has 0 fully saturated rings. The number of halogens is 2. The van der Waals surface area contributed by atoms with E-state index < -0.39 is 5.97 Å². The van der Waals surface area contributed by atoms with Gasteiger partial charge in [0.15, 0.2) is 0 Å². The van der Waals surface area contributed by atoms with E-state index in [9.17, 15) is 4.79 Å². The quantitative estimate of drug-likeness (QED) is 0.327. The van der Waals surface area contributed by atoms with Crippen molar-refractivity contribution >= 4 is 77.6 Å². The molecule has 0 saturated carbocycles. The number of carboxylic acid groups (broad SMARTS) is 1. The Bertz CT molecular complexity index is 102. The van der Waals surface area contributed by atoms with E-state index in [1.54, 1.807) is 0 Å². The van der Waals surface area contributed by atoms with E-state index in [4.69, 9.17) is 5.11 Å². The van der Waals surface area contributed by atoms with Gasteiger partial charge in [0.05, 0.1) is 0 Å². The molecular formula is C8H20I2O2Te. The fraction of sp³-hybridized carbons (Fsp3) is 0.875. The van der Waals surface area contributed by atoms with Crippen LogP contribution in [0.4, 0.5) is 0 Å². The van der Waals surface area contributed by atoms with Crippen LogP contribution in [0, 0.1) is 0 Å². The molecule has 0 aromatic carbocycles. The molecule has 0 bridgehead atoms. The van der Waals surface area contributed by atoms with Gasteiger partial charge in [-0.05, 0) is 6.42 Å².